The van der Waals surface area contributed by atoms with E-state index in [1.165, 1.54) is 11.4 Å². The zero-order chi connectivity index (χ0) is 6.97. The van der Waals surface area contributed by atoms with E-state index in [-0.39, 0.29) is 0 Å². The van der Waals surface area contributed by atoms with Gasteiger partial charge in [-0.2, -0.15) is 0 Å². The highest BCUT2D eigenvalue weighted by atomic mass is 79.9. The summed E-state index contributed by atoms with van der Waals surface area (Å²) in [6, 6.07) is 2.12. The highest BCUT2D eigenvalue weighted by Crippen LogP contribution is 2.22. The van der Waals surface area contributed by atoms with Crippen LogP contribution in [-0.2, 0) is 6.42 Å². The predicted molar refractivity (Wildman–Crippen MR) is 45.7 cm³/mol. The van der Waals surface area contributed by atoms with Crippen LogP contribution in [0.5, 0.6) is 0 Å². The molecular formula is C7H9BrN2. The van der Waals surface area contributed by atoms with Gasteiger partial charge in [0.1, 0.15) is 5.82 Å². The fourth-order valence-corrected chi connectivity index (χ4v) is 1.77. The summed E-state index contributed by atoms with van der Waals surface area (Å²) in [6.45, 7) is 1.02. The number of aromatic amines is 1. The number of hydrogen-bond acceptors (Lipinski definition) is 1. The topological polar surface area (TPSA) is 27.8 Å². The summed E-state index contributed by atoms with van der Waals surface area (Å²) < 4.78 is 0. The van der Waals surface area contributed by atoms with E-state index >= 15 is 0 Å². The maximum Gasteiger partial charge on any atom is 0.106 e. The molecule has 1 atom stereocenters. The van der Waals surface area contributed by atoms with Gasteiger partial charge in [-0.3, -0.25) is 0 Å². The largest absolute Gasteiger partial charge is 0.370 e. The van der Waals surface area contributed by atoms with Crippen molar-refractivity contribution >= 4 is 21.7 Å². The van der Waals surface area contributed by atoms with Crippen molar-refractivity contribution < 1.29 is 0 Å². The minimum Gasteiger partial charge on any atom is -0.370 e. The quantitative estimate of drug-likeness (QED) is 0.615. The van der Waals surface area contributed by atoms with E-state index in [4.69, 9.17) is 0 Å². The molecule has 1 aromatic rings. The van der Waals surface area contributed by atoms with E-state index in [1.54, 1.807) is 0 Å². The molecule has 0 spiro atoms. The van der Waals surface area contributed by atoms with Gasteiger partial charge in [-0.05, 0) is 18.1 Å². The van der Waals surface area contributed by atoms with Crippen molar-refractivity contribution in [1.82, 2.24) is 4.98 Å². The second-order valence-corrected chi connectivity index (χ2v) is 3.86. The Morgan fingerprint density at radius 1 is 1.60 bits per heavy atom. The van der Waals surface area contributed by atoms with Crippen molar-refractivity contribution in [2.75, 3.05) is 11.9 Å². The van der Waals surface area contributed by atoms with Crippen LogP contribution in [0, 0.1) is 0 Å². The number of anilines is 1. The number of rotatable bonds is 0. The fraction of sp³-hybridized carbons (Fsp3) is 0.429. The molecule has 1 aliphatic rings. The van der Waals surface area contributed by atoms with Gasteiger partial charge in [0.15, 0.2) is 0 Å². The molecule has 0 radical (unpaired) electrons. The molecule has 0 fully saturated rings. The average molecular weight is 201 g/mol. The van der Waals surface area contributed by atoms with Crippen LogP contribution in [0.3, 0.4) is 0 Å². The van der Waals surface area contributed by atoms with Gasteiger partial charge in [0, 0.05) is 17.6 Å². The van der Waals surface area contributed by atoms with Gasteiger partial charge in [0.05, 0.1) is 0 Å². The molecule has 2 N–H and O–H groups in total. The Bertz CT molecular complexity index is 231. The number of fused-ring (bicyclic) bond motifs is 1. The number of halogens is 1. The van der Waals surface area contributed by atoms with Gasteiger partial charge in [0.2, 0.25) is 0 Å². The fourth-order valence-electron chi connectivity index (χ4n) is 1.26. The Morgan fingerprint density at radius 3 is 3.40 bits per heavy atom. The third kappa shape index (κ3) is 0.944. The summed E-state index contributed by atoms with van der Waals surface area (Å²) in [5.74, 6) is 1.19. The van der Waals surface area contributed by atoms with E-state index in [0.29, 0.717) is 4.83 Å². The highest BCUT2D eigenvalue weighted by Gasteiger charge is 2.15. The first kappa shape index (κ1) is 6.28. The Labute approximate surface area is 68.1 Å². The van der Waals surface area contributed by atoms with Gasteiger partial charge < -0.3 is 10.3 Å². The molecule has 2 heterocycles. The summed E-state index contributed by atoms with van der Waals surface area (Å²) in [4.78, 5) is 3.74. The number of H-pyrrole nitrogens is 1. The number of alkyl halides is 1. The second-order valence-electron chi connectivity index (χ2n) is 2.56. The number of nitrogens with one attached hydrogen (secondary N) is 2. The Morgan fingerprint density at radius 2 is 2.50 bits per heavy atom. The van der Waals surface area contributed by atoms with E-state index < -0.39 is 0 Å². The summed E-state index contributed by atoms with van der Waals surface area (Å²) in [6.07, 6.45) is 3.11. The Kier molecular flexibility index (Phi) is 1.45. The van der Waals surface area contributed by atoms with Gasteiger partial charge in [-0.25, -0.2) is 0 Å². The zero-order valence-corrected chi connectivity index (χ0v) is 7.11. The van der Waals surface area contributed by atoms with Crippen molar-refractivity contribution in [3.05, 3.63) is 17.8 Å². The minimum absolute atomic E-state index is 0.593. The molecule has 0 unspecified atom stereocenters. The summed E-state index contributed by atoms with van der Waals surface area (Å²) in [7, 11) is 0. The van der Waals surface area contributed by atoms with Gasteiger partial charge >= 0.3 is 0 Å². The lowest BCUT2D eigenvalue weighted by atomic mass is 10.1. The molecule has 0 saturated carbocycles. The first-order valence-corrected chi connectivity index (χ1v) is 4.32. The third-order valence-corrected chi connectivity index (χ3v) is 2.42. The SMILES string of the molecule is Br[C@@H]1CNc2[nH]ccc2C1. The molecule has 0 amide bonds. The van der Waals surface area contributed by atoms with E-state index in [9.17, 15) is 0 Å². The molecule has 1 aliphatic heterocycles. The molecule has 0 aromatic carbocycles. The van der Waals surface area contributed by atoms with E-state index in [2.05, 4.69) is 32.3 Å². The lowest BCUT2D eigenvalue weighted by Crippen LogP contribution is -2.22. The van der Waals surface area contributed by atoms with E-state index in [0.717, 1.165) is 13.0 Å². The molecule has 1 aromatic heterocycles. The van der Waals surface area contributed by atoms with Gasteiger partial charge in [-0.1, -0.05) is 15.9 Å². The molecule has 3 heteroatoms. The molecule has 2 rings (SSSR count). The summed E-state index contributed by atoms with van der Waals surface area (Å²) in [5.41, 5.74) is 1.38. The van der Waals surface area contributed by atoms with Crippen LogP contribution in [0.2, 0.25) is 0 Å². The number of hydrogen-bond donors (Lipinski definition) is 2. The lowest BCUT2D eigenvalue weighted by Gasteiger charge is -2.18. The monoisotopic (exact) mass is 200 g/mol. The first-order valence-electron chi connectivity index (χ1n) is 3.40. The van der Waals surface area contributed by atoms with Crippen molar-refractivity contribution in [3.63, 3.8) is 0 Å². The van der Waals surface area contributed by atoms with Crippen LogP contribution < -0.4 is 5.32 Å². The second kappa shape index (κ2) is 2.31. The predicted octanol–water partition coefficient (Wildman–Crippen LogP) is 1.75. The van der Waals surface area contributed by atoms with E-state index in [1.807, 2.05) is 6.20 Å². The molecular weight excluding hydrogens is 192 g/mol. The number of aromatic nitrogens is 1. The van der Waals surface area contributed by atoms with Crippen LogP contribution in [0.15, 0.2) is 12.3 Å². The molecule has 54 valence electrons. The highest BCUT2D eigenvalue weighted by molar-refractivity contribution is 9.09. The first-order chi connectivity index (χ1) is 4.86. The lowest BCUT2D eigenvalue weighted by molar-refractivity contribution is 0.861. The summed E-state index contributed by atoms with van der Waals surface area (Å²) in [5, 5.41) is 3.29. The Hall–Kier alpha value is -0.440. The van der Waals surface area contributed by atoms with Crippen LogP contribution >= 0.6 is 15.9 Å². The van der Waals surface area contributed by atoms with Crippen molar-refractivity contribution in [1.29, 1.82) is 0 Å². The van der Waals surface area contributed by atoms with Crippen molar-refractivity contribution in [3.8, 4) is 0 Å². The van der Waals surface area contributed by atoms with Gasteiger partial charge in [0.25, 0.3) is 0 Å². The van der Waals surface area contributed by atoms with Gasteiger partial charge in [-0.15, -0.1) is 0 Å². The smallest absolute Gasteiger partial charge is 0.106 e. The standard InChI is InChI=1S/C7H9BrN2/c8-6-3-5-1-2-9-7(5)10-4-6/h1-2,6,9-10H,3-4H2/t6-/m0/s1. The van der Waals surface area contributed by atoms with Crippen molar-refractivity contribution in [2.24, 2.45) is 0 Å². The van der Waals surface area contributed by atoms with Crippen LogP contribution in [0.25, 0.3) is 0 Å². The molecule has 2 nitrogen and oxygen atoms in total. The molecule has 10 heavy (non-hydrogen) atoms. The average Bonchev–Trinajstić information content (AvgIpc) is 2.33. The van der Waals surface area contributed by atoms with Crippen LogP contribution in [-0.4, -0.2) is 16.4 Å². The summed E-state index contributed by atoms with van der Waals surface area (Å²) >= 11 is 3.57. The maximum absolute atomic E-state index is 3.57. The van der Waals surface area contributed by atoms with Crippen LogP contribution in [0.1, 0.15) is 5.56 Å². The van der Waals surface area contributed by atoms with Crippen molar-refractivity contribution in [2.45, 2.75) is 11.2 Å². The zero-order valence-electron chi connectivity index (χ0n) is 5.52. The third-order valence-electron chi connectivity index (χ3n) is 1.78. The molecule has 0 saturated heterocycles. The minimum atomic E-state index is 0.593. The Balaban J connectivity index is 2.30. The maximum atomic E-state index is 3.57. The molecule has 0 bridgehead atoms. The normalized spacial score (nSPS) is 23.5. The van der Waals surface area contributed by atoms with Crippen LogP contribution in [0.4, 0.5) is 5.82 Å². The molecule has 0 aliphatic carbocycles.